The second-order valence-corrected chi connectivity index (χ2v) is 6.40. The van der Waals surface area contributed by atoms with Crippen molar-refractivity contribution in [3.05, 3.63) is 41.2 Å². The van der Waals surface area contributed by atoms with E-state index in [-0.39, 0.29) is 0 Å². The molecule has 0 spiro atoms. The molecule has 21 heavy (non-hydrogen) atoms. The largest absolute Gasteiger partial charge is 0.387 e. The van der Waals surface area contributed by atoms with Gasteiger partial charge in [-0.15, -0.1) is 0 Å². The molecule has 4 nitrogen and oxygen atoms in total. The van der Waals surface area contributed by atoms with Gasteiger partial charge >= 0.3 is 0 Å². The highest BCUT2D eigenvalue weighted by molar-refractivity contribution is 7.09. The van der Waals surface area contributed by atoms with Crippen molar-refractivity contribution in [1.29, 1.82) is 0 Å². The van der Waals surface area contributed by atoms with Crippen LogP contribution >= 0.6 is 11.5 Å². The van der Waals surface area contributed by atoms with Crippen molar-refractivity contribution in [1.82, 2.24) is 9.36 Å². The fourth-order valence-electron chi connectivity index (χ4n) is 2.31. The van der Waals surface area contributed by atoms with Gasteiger partial charge < -0.3 is 10.0 Å². The Labute approximate surface area is 129 Å². The van der Waals surface area contributed by atoms with Crippen molar-refractivity contribution >= 4 is 16.7 Å². The molecule has 1 saturated carbocycles. The van der Waals surface area contributed by atoms with E-state index in [9.17, 15) is 5.11 Å². The fraction of sp³-hybridized carbons (Fsp3) is 0.500. The molecule has 112 valence electrons. The second kappa shape index (κ2) is 6.12. The monoisotopic (exact) mass is 303 g/mol. The first-order valence-electron chi connectivity index (χ1n) is 7.50. The molecule has 3 rings (SSSR count). The molecule has 0 aliphatic heterocycles. The van der Waals surface area contributed by atoms with Crippen LogP contribution in [0.3, 0.4) is 0 Å². The van der Waals surface area contributed by atoms with Crippen molar-refractivity contribution in [2.75, 3.05) is 18.0 Å². The van der Waals surface area contributed by atoms with Crippen LogP contribution < -0.4 is 4.90 Å². The molecule has 5 heteroatoms. The lowest BCUT2D eigenvalue weighted by Crippen LogP contribution is -2.28. The normalized spacial score (nSPS) is 16.0. The molecule has 1 aromatic carbocycles. The number of aryl methyl sites for hydroxylation is 1. The molecule has 1 atom stereocenters. The van der Waals surface area contributed by atoms with Crippen molar-refractivity contribution in [3.8, 4) is 0 Å². The summed E-state index contributed by atoms with van der Waals surface area (Å²) in [5.41, 5.74) is 2.16. The molecule has 2 aromatic rings. The Kier molecular flexibility index (Phi) is 4.22. The van der Waals surface area contributed by atoms with Crippen molar-refractivity contribution < 1.29 is 5.11 Å². The van der Waals surface area contributed by atoms with Crippen LogP contribution in [0, 0.1) is 6.92 Å². The average Bonchev–Trinajstić information content (AvgIpc) is 3.23. The number of anilines is 1. The van der Waals surface area contributed by atoms with Gasteiger partial charge in [-0.1, -0.05) is 29.8 Å². The van der Waals surface area contributed by atoms with Gasteiger partial charge in [0.25, 0.3) is 0 Å². The summed E-state index contributed by atoms with van der Waals surface area (Å²) in [7, 11) is 0. The Morgan fingerprint density at radius 1 is 1.33 bits per heavy atom. The molecule has 1 aliphatic rings. The summed E-state index contributed by atoms with van der Waals surface area (Å²) in [6, 6.07) is 8.04. The van der Waals surface area contributed by atoms with Crippen molar-refractivity contribution in [2.24, 2.45) is 0 Å². The van der Waals surface area contributed by atoms with E-state index in [1.54, 1.807) is 0 Å². The van der Waals surface area contributed by atoms with Gasteiger partial charge in [0, 0.05) is 24.0 Å². The molecule has 1 aliphatic carbocycles. The highest BCUT2D eigenvalue weighted by atomic mass is 32.1. The van der Waals surface area contributed by atoms with Gasteiger partial charge in [-0.2, -0.15) is 4.37 Å². The van der Waals surface area contributed by atoms with E-state index < -0.39 is 6.10 Å². The lowest BCUT2D eigenvalue weighted by atomic mass is 10.1. The van der Waals surface area contributed by atoms with Crippen LogP contribution in [0.4, 0.5) is 5.13 Å². The van der Waals surface area contributed by atoms with E-state index in [1.165, 1.54) is 29.9 Å². The summed E-state index contributed by atoms with van der Waals surface area (Å²) >= 11 is 1.44. The third kappa shape index (κ3) is 3.41. The lowest BCUT2D eigenvalue weighted by Gasteiger charge is -2.23. The van der Waals surface area contributed by atoms with E-state index in [0.29, 0.717) is 12.5 Å². The molecular weight excluding hydrogens is 282 g/mol. The van der Waals surface area contributed by atoms with Crippen LogP contribution in [0.5, 0.6) is 0 Å². The van der Waals surface area contributed by atoms with E-state index in [0.717, 1.165) is 23.1 Å². The van der Waals surface area contributed by atoms with E-state index in [4.69, 9.17) is 0 Å². The number of hydrogen-bond donors (Lipinski definition) is 1. The smallest absolute Gasteiger partial charge is 0.205 e. The lowest BCUT2D eigenvalue weighted by molar-refractivity contribution is 0.183. The van der Waals surface area contributed by atoms with Crippen LogP contribution in [-0.4, -0.2) is 27.6 Å². The summed E-state index contributed by atoms with van der Waals surface area (Å²) < 4.78 is 4.45. The minimum absolute atomic E-state index is 0.501. The maximum Gasteiger partial charge on any atom is 0.205 e. The Hall–Kier alpha value is -1.46. The van der Waals surface area contributed by atoms with Crippen LogP contribution in [0.25, 0.3) is 0 Å². The van der Waals surface area contributed by atoms with Crippen molar-refractivity contribution in [2.45, 2.75) is 38.7 Å². The number of aromatic nitrogens is 2. The second-order valence-electron chi connectivity index (χ2n) is 5.67. The standard InChI is InChI=1S/C16H21N3OS/c1-3-19(16-17-15(18-21-16)13-8-9-13)10-14(20)12-6-4-11(2)5-7-12/h4-7,13-14,20H,3,8-10H2,1-2H3. The van der Waals surface area contributed by atoms with Gasteiger partial charge in [0.1, 0.15) is 5.82 Å². The van der Waals surface area contributed by atoms with E-state index in [2.05, 4.69) is 28.1 Å². The number of aliphatic hydroxyl groups excluding tert-OH is 1. The van der Waals surface area contributed by atoms with Gasteiger partial charge in [0.05, 0.1) is 12.6 Å². The first-order valence-corrected chi connectivity index (χ1v) is 8.28. The van der Waals surface area contributed by atoms with Gasteiger partial charge in [-0.05, 0) is 32.3 Å². The third-order valence-electron chi connectivity index (χ3n) is 3.88. The minimum Gasteiger partial charge on any atom is -0.387 e. The molecule has 0 amide bonds. The van der Waals surface area contributed by atoms with Crippen molar-refractivity contribution in [3.63, 3.8) is 0 Å². The van der Waals surface area contributed by atoms with Crippen LogP contribution in [-0.2, 0) is 0 Å². The Morgan fingerprint density at radius 2 is 2.05 bits per heavy atom. The predicted octanol–water partition coefficient (Wildman–Crippen LogP) is 3.28. The molecule has 1 heterocycles. The number of hydrogen-bond acceptors (Lipinski definition) is 5. The number of nitrogens with zero attached hydrogens (tertiary/aromatic N) is 3. The minimum atomic E-state index is -0.501. The first-order chi connectivity index (χ1) is 10.2. The zero-order valence-electron chi connectivity index (χ0n) is 12.5. The topological polar surface area (TPSA) is 49.2 Å². The van der Waals surface area contributed by atoms with Crippen LogP contribution in [0.1, 0.15) is 48.7 Å². The zero-order valence-corrected chi connectivity index (χ0v) is 13.3. The highest BCUT2D eigenvalue weighted by Gasteiger charge is 2.28. The summed E-state index contributed by atoms with van der Waals surface area (Å²) in [6.07, 6.45) is 1.93. The molecular formula is C16H21N3OS. The molecule has 1 N–H and O–H groups in total. The van der Waals surface area contributed by atoms with E-state index >= 15 is 0 Å². The van der Waals surface area contributed by atoms with Gasteiger partial charge in [0.15, 0.2) is 0 Å². The number of aliphatic hydroxyl groups is 1. The van der Waals surface area contributed by atoms with Gasteiger partial charge in [0.2, 0.25) is 5.13 Å². The quantitative estimate of drug-likeness (QED) is 0.889. The molecule has 1 aromatic heterocycles. The zero-order chi connectivity index (χ0) is 14.8. The summed E-state index contributed by atoms with van der Waals surface area (Å²) in [4.78, 5) is 6.73. The Balaban J connectivity index is 1.69. The Morgan fingerprint density at radius 3 is 2.67 bits per heavy atom. The predicted molar refractivity (Wildman–Crippen MR) is 85.9 cm³/mol. The average molecular weight is 303 g/mol. The highest BCUT2D eigenvalue weighted by Crippen LogP contribution is 2.39. The molecule has 0 radical (unpaired) electrons. The van der Waals surface area contributed by atoms with Gasteiger partial charge in [-0.3, -0.25) is 0 Å². The summed E-state index contributed by atoms with van der Waals surface area (Å²) in [5.74, 6) is 1.56. The number of likely N-dealkylation sites (N-methyl/N-ethyl adjacent to an activating group) is 1. The maximum absolute atomic E-state index is 10.4. The fourth-order valence-corrected chi connectivity index (χ4v) is 3.13. The summed E-state index contributed by atoms with van der Waals surface area (Å²) in [6.45, 7) is 5.51. The third-order valence-corrected chi connectivity index (χ3v) is 4.67. The molecule has 0 saturated heterocycles. The van der Waals surface area contributed by atoms with Gasteiger partial charge in [-0.25, -0.2) is 4.98 Å². The maximum atomic E-state index is 10.4. The number of benzene rings is 1. The SMILES string of the molecule is CCN(CC(O)c1ccc(C)cc1)c1nc(C2CC2)ns1. The van der Waals surface area contributed by atoms with Crippen LogP contribution in [0.2, 0.25) is 0 Å². The Bertz CT molecular complexity index is 592. The van der Waals surface area contributed by atoms with E-state index in [1.807, 2.05) is 24.3 Å². The first kappa shape index (κ1) is 14.5. The molecule has 1 unspecified atom stereocenters. The summed E-state index contributed by atoms with van der Waals surface area (Å²) in [5, 5.41) is 11.3. The number of rotatable bonds is 6. The van der Waals surface area contributed by atoms with Crippen LogP contribution in [0.15, 0.2) is 24.3 Å². The molecule has 0 bridgehead atoms. The molecule has 1 fully saturated rings.